The van der Waals surface area contributed by atoms with Crippen molar-refractivity contribution >= 4 is 17.3 Å². The second-order valence-electron chi connectivity index (χ2n) is 6.88. The number of hydrogen-bond acceptors (Lipinski definition) is 5. The number of nitrogens with zero attached hydrogens (tertiary/aromatic N) is 3. The minimum atomic E-state index is 0.307. The van der Waals surface area contributed by atoms with E-state index in [1.807, 2.05) is 23.7 Å². The van der Waals surface area contributed by atoms with Gasteiger partial charge in [-0.15, -0.1) is 11.3 Å². The summed E-state index contributed by atoms with van der Waals surface area (Å²) in [4.78, 5) is 12.9. The standard InChI is InChI=1S/C21H31N5OS/c1-3-23-21(24-9-7-18-6-8-22-15-17(18)2)25-16-19(20-5-4-14-28-20)26-10-12-27-13-11-26/h4-6,8,14-15,19H,3,7,9-13,16H2,1-2H3,(H2,23,24,25). The van der Waals surface area contributed by atoms with Crippen LogP contribution in [0.1, 0.15) is 29.0 Å². The molecule has 0 aliphatic carbocycles. The molecule has 0 radical (unpaired) electrons. The van der Waals surface area contributed by atoms with E-state index >= 15 is 0 Å². The summed E-state index contributed by atoms with van der Waals surface area (Å²) in [6, 6.07) is 6.73. The number of ether oxygens (including phenoxy) is 1. The van der Waals surface area contributed by atoms with E-state index in [0.29, 0.717) is 6.04 Å². The van der Waals surface area contributed by atoms with Crippen molar-refractivity contribution in [2.75, 3.05) is 45.9 Å². The van der Waals surface area contributed by atoms with Gasteiger partial charge in [0.1, 0.15) is 0 Å². The van der Waals surface area contributed by atoms with E-state index in [9.17, 15) is 0 Å². The van der Waals surface area contributed by atoms with Gasteiger partial charge in [0.05, 0.1) is 25.8 Å². The van der Waals surface area contributed by atoms with Crippen molar-refractivity contribution in [2.24, 2.45) is 4.99 Å². The molecule has 0 bridgehead atoms. The van der Waals surface area contributed by atoms with Crippen LogP contribution in [0.2, 0.25) is 0 Å². The second-order valence-corrected chi connectivity index (χ2v) is 7.86. The highest BCUT2D eigenvalue weighted by Gasteiger charge is 2.23. The van der Waals surface area contributed by atoms with Gasteiger partial charge in [0.15, 0.2) is 5.96 Å². The number of nitrogens with one attached hydrogen (secondary N) is 2. The van der Waals surface area contributed by atoms with Crippen molar-refractivity contribution in [1.82, 2.24) is 20.5 Å². The van der Waals surface area contributed by atoms with Gasteiger partial charge < -0.3 is 15.4 Å². The highest BCUT2D eigenvalue weighted by atomic mass is 32.1. The van der Waals surface area contributed by atoms with Crippen molar-refractivity contribution in [3.05, 3.63) is 52.0 Å². The third kappa shape index (κ3) is 6.02. The summed E-state index contributed by atoms with van der Waals surface area (Å²) >= 11 is 1.81. The van der Waals surface area contributed by atoms with Crippen LogP contribution in [0, 0.1) is 6.92 Å². The van der Waals surface area contributed by atoms with Crippen LogP contribution >= 0.6 is 11.3 Å². The molecular weight excluding hydrogens is 370 g/mol. The van der Waals surface area contributed by atoms with E-state index in [4.69, 9.17) is 9.73 Å². The Labute approximate surface area is 172 Å². The van der Waals surface area contributed by atoms with Gasteiger partial charge in [0.2, 0.25) is 0 Å². The predicted molar refractivity (Wildman–Crippen MR) is 116 cm³/mol. The largest absolute Gasteiger partial charge is 0.379 e. The zero-order chi connectivity index (χ0) is 19.6. The van der Waals surface area contributed by atoms with Crippen LogP contribution in [0.15, 0.2) is 41.0 Å². The zero-order valence-electron chi connectivity index (χ0n) is 16.9. The summed E-state index contributed by atoms with van der Waals surface area (Å²) in [5.41, 5.74) is 2.56. The lowest BCUT2D eigenvalue weighted by Gasteiger charge is -2.33. The van der Waals surface area contributed by atoms with Crippen LogP contribution in [0.5, 0.6) is 0 Å². The fourth-order valence-electron chi connectivity index (χ4n) is 3.37. The molecule has 2 aromatic rings. The number of rotatable bonds is 8. The summed E-state index contributed by atoms with van der Waals surface area (Å²) in [6.07, 6.45) is 4.73. The smallest absolute Gasteiger partial charge is 0.191 e. The molecule has 1 atom stereocenters. The quantitative estimate of drug-likeness (QED) is 0.526. The number of thiophene rings is 1. The molecule has 1 unspecified atom stereocenters. The molecule has 3 heterocycles. The van der Waals surface area contributed by atoms with Crippen molar-refractivity contribution in [2.45, 2.75) is 26.3 Å². The van der Waals surface area contributed by atoms with Crippen LogP contribution in [-0.2, 0) is 11.2 Å². The van der Waals surface area contributed by atoms with Gasteiger partial charge in [-0.1, -0.05) is 6.07 Å². The van der Waals surface area contributed by atoms with Crippen LogP contribution < -0.4 is 10.6 Å². The Hall–Kier alpha value is -1.96. The van der Waals surface area contributed by atoms with E-state index < -0.39 is 0 Å². The summed E-state index contributed by atoms with van der Waals surface area (Å²) in [6.45, 7) is 10.2. The molecule has 3 rings (SSSR count). The molecule has 6 nitrogen and oxygen atoms in total. The molecule has 0 saturated carbocycles. The third-order valence-electron chi connectivity index (χ3n) is 4.95. The molecule has 0 aromatic carbocycles. The monoisotopic (exact) mass is 401 g/mol. The van der Waals surface area contributed by atoms with Crippen molar-refractivity contribution < 1.29 is 4.74 Å². The van der Waals surface area contributed by atoms with Crippen molar-refractivity contribution in [1.29, 1.82) is 0 Å². The molecule has 2 aromatic heterocycles. The molecule has 2 N–H and O–H groups in total. The van der Waals surface area contributed by atoms with Gasteiger partial charge in [0, 0.05) is 43.4 Å². The maximum Gasteiger partial charge on any atom is 0.191 e. The first-order valence-electron chi connectivity index (χ1n) is 10.0. The van der Waals surface area contributed by atoms with Gasteiger partial charge >= 0.3 is 0 Å². The number of hydrogen-bond donors (Lipinski definition) is 2. The fraction of sp³-hybridized carbons (Fsp3) is 0.524. The second kappa shape index (κ2) is 11.1. The van der Waals surface area contributed by atoms with Crippen LogP contribution in [0.4, 0.5) is 0 Å². The molecule has 152 valence electrons. The van der Waals surface area contributed by atoms with Crippen LogP contribution in [0.3, 0.4) is 0 Å². The van der Waals surface area contributed by atoms with E-state index in [1.54, 1.807) is 0 Å². The summed E-state index contributed by atoms with van der Waals surface area (Å²) in [7, 11) is 0. The first-order valence-corrected chi connectivity index (χ1v) is 10.9. The highest BCUT2D eigenvalue weighted by Crippen LogP contribution is 2.26. The Morgan fingerprint density at radius 2 is 2.18 bits per heavy atom. The van der Waals surface area contributed by atoms with Gasteiger partial charge in [-0.05, 0) is 48.9 Å². The number of aliphatic imine (C=N–C) groups is 1. The van der Waals surface area contributed by atoms with Crippen molar-refractivity contribution in [3.63, 3.8) is 0 Å². The number of morpholine rings is 1. The molecule has 28 heavy (non-hydrogen) atoms. The molecule has 0 spiro atoms. The third-order valence-corrected chi connectivity index (χ3v) is 5.92. The highest BCUT2D eigenvalue weighted by molar-refractivity contribution is 7.10. The molecule has 1 fully saturated rings. The first-order chi connectivity index (χ1) is 13.8. The fourth-order valence-corrected chi connectivity index (χ4v) is 4.23. The number of pyridine rings is 1. The van der Waals surface area contributed by atoms with Gasteiger partial charge in [0.25, 0.3) is 0 Å². The van der Waals surface area contributed by atoms with E-state index in [0.717, 1.165) is 58.3 Å². The van der Waals surface area contributed by atoms with Crippen LogP contribution in [-0.4, -0.2) is 61.8 Å². The van der Waals surface area contributed by atoms with E-state index in [1.165, 1.54) is 16.0 Å². The molecular formula is C21H31N5OS. The average molecular weight is 402 g/mol. The van der Waals surface area contributed by atoms with Gasteiger partial charge in [-0.25, -0.2) is 0 Å². The summed E-state index contributed by atoms with van der Waals surface area (Å²) < 4.78 is 5.53. The van der Waals surface area contributed by atoms with Crippen LogP contribution in [0.25, 0.3) is 0 Å². The Morgan fingerprint density at radius 1 is 1.32 bits per heavy atom. The Morgan fingerprint density at radius 3 is 2.89 bits per heavy atom. The molecule has 0 amide bonds. The number of aryl methyl sites for hydroxylation is 1. The van der Waals surface area contributed by atoms with Gasteiger partial charge in [-0.2, -0.15) is 0 Å². The molecule has 1 aliphatic heterocycles. The molecule has 1 aliphatic rings. The maximum absolute atomic E-state index is 5.53. The normalized spacial score (nSPS) is 16.7. The number of guanidine groups is 1. The van der Waals surface area contributed by atoms with Crippen molar-refractivity contribution in [3.8, 4) is 0 Å². The maximum atomic E-state index is 5.53. The minimum absolute atomic E-state index is 0.307. The minimum Gasteiger partial charge on any atom is -0.379 e. The topological polar surface area (TPSA) is 61.8 Å². The van der Waals surface area contributed by atoms with E-state index in [-0.39, 0.29) is 0 Å². The summed E-state index contributed by atoms with van der Waals surface area (Å²) in [5.74, 6) is 0.879. The SMILES string of the molecule is CCNC(=NCC(c1cccs1)N1CCOCC1)NCCc1ccncc1C. The Bertz CT molecular complexity index is 728. The lowest BCUT2D eigenvalue weighted by Crippen LogP contribution is -2.42. The van der Waals surface area contributed by atoms with Gasteiger partial charge in [-0.3, -0.25) is 14.9 Å². The Balaban J connectivity index is 1.61. The Kier molecular flexibility index (Phi) is 8.26. The number of aromatic nitrogens is 1. The predicted octanol–water partition coefficient (Wildman–Crippen LogP) is 2.62. The van der Waals surface area contributed by atoms with E-state index in [2.05, 4.69) is 57.9 Å². The molecule has 1 saturated heterocycles. The molecule has 7 heteroatoms. The average Bonchev–Trinajstić information content (AvgIpc) is 3.25. The lowest BCUT2D eigenvalue weighted by atomic mass is 10.1. The first kappa shape index (κ1) is 20.8. The zero-order valence-corrected chi connectivity index (χ0v) is 17.7. The lowest BCUT2D eigenvalue weighted by molar-refractivity contribution is 0.0186. The summed E-state index contributed by atoms with van der Waals surface area (Å²) in [5, 5.41) is 9.00.